The van der Waals surface area contributed by atoms with Gasteiger partial charge in [-0.2, -0.15) is 0 Å². The van der Waals surface area contributed by atoms with E-state index < -0.39 is 0 Å². The molecule has 0 aromatic carbocycles. The third-order valence-corrected chi connectivity index (χ3v) is 2.94. The van der Waals surface area contributed by atoms with Gasteiger partial charge in [-0.25, -0.2) is 0 Å². The van der Waals surface area contributed by atoms with Crippen LogP contribution in [0.1, 0.15) is 54.9 Å². The summed E-state index contributed by atoms with van der Waals surface area (Å²) in [5.41, 5.74) is -0.348. The fourth-order valence-corrected chi connectivity index (χ4v) is 0.641. The third kappa shape index (κ3) is 3.69. The first kappa shape index (κ1) is 13.5. The summed E-state index contributed by atoms with van der Waals surface area (Å²) in [6, 6.07) is 0. The molecular formula is C12H24O2. The molecule has 0 aliphatic rings. The SMILES string of the molecule is CCC(C)(C)C(=O)OC(C)C(C)(C)C. The van der Waals surface area contributed by atoms with Crippen molar-refractivity contribution in [2.75, 3.05) is 0 Å². The van der Waals surface area contributed by atoms with E-state index in [1.165, 1.54) is 0 Å². The fourth-order valence-electron chi connectivity index (χ4n) is 0.641. The summed E-state index contributed by atoms with van der Waals surface area (Å²) in [5, 5.41) is 0. The topological polar surface area (TPSA) is 26.3 Å². The zero-order chi connectivity index (χ0) is 11.6. The van der Waals surface area contributed by atoms with Gasteiger partial charge in [0.25, 0.3) is 0 Å². The molecule has 0 radical (unpaired) electrons. The summed E-state index contributed by atoms with van der Waals surface area (Å²) in [4.78, 5) is 11.7. The molecule has 0 amide bonds. The van der Waals surface area contributed by atoms with Crippen LogP contribution in [0.3, 0.4) is 0 Å². The number of hydrogen-bond acceptors (Lipinski definition) is 2. The Labute approximate surface area is 88.0 Å². The normalized spacial score (nSPS) is 15.1. The second kappa shape index (κ2) is 4.33. The Kier molecular flexibility index (Phi) is 4.16. The highest BCUT2D eigenvalue weighted by atomic mass is 16.5. The van der Waals surface area contributed by atoms with Crippen LogP contribution in [0.5, 0.6) is 0 Å². The Morgan fingerprint density at radius 3 is 1.93 bits per heavy atom. The Balaban J connectivity index is 4.35. The van der Waals surface area contributed by atoms with Gasteiger partial charge < -0.3 is 4.74 Å². The summed E-state index contributed by atoms with van der Waals surface area (Å²) in [5.74, 6) is -0.0950. The van der Waals surface area contributed by atoms with Crippen molar-refractivity contribution in [1.82, 2.24) is 0 Å². The summed E-state index contributed by atoms with van der Waals surface area (Å²) in [7, 11) is 0. The van der Waals surface area contributed by atoms with Gasteiger partial charge in [0.15, 0.2) is 0 Å². The number of carbonyl (C=O) groups is 1. The van der Waals surface area contributed by atoms with E-state index in [2.05, 4.69) is 20.8 Å². The molecule has 0 N–H and O–H groups in total. The quantitative estimate of drug-likeness (QED) is 0.653. The lowest BCUT2D eigenvalue weighted by Gasteiger charge is -2.30. The van der Waals surface area contributed by atoms with Crippen LogP contribution in [0.25, 0.3) is 0 Å². The summed E-state index contributed by atoms with van der Waals surface area (Å²) in [6.45, 7) is 14.0. The van der Waals surface area contributed by atoms with Crippen LogP contribution in [-0.4, -0.2) is 12.1 Å². The fraction of sp³-hybridized carbons (Fsp3) is 0.917. The van der Waals surface area contributed by atoms with Crippen molar-refractivity contribution in [1.29, 1.82) is 0 Å². The molecule has 0 heterocycles. The lowest BCUT2D eigenvalue weighted by Crippen LogP contribution is -2.34. The first-order valence-corrected chi connectivity index (χ1v) is 5.32. The van der Waals surface area contributed by atoms with Crippen molar-refractivity contribution in [3.63, 3.8) is 0 Å². The maximum atomic E-state index is 11.7. The standard InChI is InChI=1S/C12H24O2/c1-8-12(6,7)10(13)14-9(2)11(3,4)5/h9H,8H2,1-7H3. The van der Waals surface area contributed by atoms with E-state index in [1.54, 1.807) is 0 Å². The first-order valence-electron chi connectivity index (χ1n) is 5.32. The van der Waals surface area contributed by atoms with Crippen LogP contribution in [0.4, 0.5) is 0 Å². The van der Waals surface area contributed by atoms with Gasteiger partial charge in [0.1, 0.15) is 6.10 Å². The van der Waals surface area contributed by atoms with Gasteiger partial charge in [0.05, 0.1) is 5.41 Å². The highest BCUT2D eigenvalue weighted by molar-refractivity contribution is 5.76. The van der Waals surface area contributed by atoms with Gasteiger partial charge in [-0.05, 0) is 32.6 Å². The molecule has 0 fully saturated rings. The van der Waals surface area contributed by atoms with Gasteiger partial charge >= 0.3 is 5.97 Å². The van der Waals surface area contributed by atoms with E-state index in [1.807, 2.05) is 27.7 Å². The molecule has 0 aromatic rings. The molecule has 0 bridgehead atoms. The minimum atomic E-state index is -0.362. The number of hydrogen-bond donors (Lipinski definition) is 0. The van der Waals surface area contributed by atoms with E-state index in [0.29, 0.717) is 0 Å². The van der Waals surface area contributed by atoms with Crippen LogP contribution in [0, 0.1) is 10.8 Å². The molecule has 0 aliphatic carbocycles. The molecule has 14 heavy (non-hydrogen) atoms. The molecule has 1 atom stereocenters. The van der Waals surface area contributed by atoms with Crippen molar-refractivity contribution < 1.29 is 9.53 Å². The van der Waals surface area contributed by atoms with Gasteiger partial charge in [-0.15, -0.1) is 0 Å². The summed E-state index contributed by atoms with van der Waals surface area (Å²) in [6.07, 6.45) is 0.767. The monoisotopic (exact) mass is 200 g/mol. The maximum Gasteiger partial charge on any atom is 0.311 e. The molecular weight excluding hydrogens is 176 g/mol. The van der Waals surface area contributed by atoms with Gasteiger partial charge in [0.2, 0.25) is 0 Å². The van der Waals surface area contributed by atoms with Crippen molar-refractivity contribution in [2.24, 2.45) is 10.8 Å². The Morgan fingerprint density at radius 1 is 1.21 bits per heavy atom. The summed E-state index contributed by atoms with van der Waals surface area (Å²) >= 11 is 0. The van der Waals surface area contributed by atoms with Crippen molar-refractivity contribution >= 4 is 5.97 Å². The number of esters is 1. The second-order valence-electron chi connectivity index (χ2n) is 5.65. The predicted octanol–water partition coefficient (Wildman–Crippen LogP) is 3.40. The largest absolute Gasteiger partial charge is 0.462 e. The number of carbonyl (C=O) groups excluding carboxylic acids is 1. The highest BCUT2D eigenvalue weighted by Crippen LogP contribution is 2.27. The average molecular weight is 200 g/mol. The molecule has 0 saturated carbocycles. The van der Waals surface area contributed by atoms with Crippen molar-refractivity contribution in [3.8, 4) is 0 Å². The molecule has 0 aliphatic heterocycles. The van der Waals surface area contributed by atoms with Crippen molar-refractivity contribution in [2.45, 2.75) is 61.0 Å². The number of rotatable bonds is 3. The minimum Gasteiger partial charge on any atom is -0.462 e. The molecule has 0 spiro atoms. The third-order valence-electron chi connectivity index (χ3n) is 2.94. The highest BCUT2D eigenvalue weighted by Gasteiger charge is 2.31. The van der Waals surface area contributed by atoms with Crippen LogP contribution in [0.2, 0.25) is 0 Å². The summed E-state index contributed by atoms with van der Waals surface area (Å²) < 4.78 is 5.43. The van der Waals surface area contributed by atoms with Crippen molar-refractivity contribution in [3.05, 3.63) is 0 Å². The zero-order valence-corrected chi connectivity index (χ0v) is 10.6. The van der Waals surface area contributed by atoms with Gasteiger partial charge in [-0.1, -0.05) is 27.7 Å². The van der Waals surface area contributed by atoms with Crippen LogP contribution < -0.4 is 0 Å². The molecule has 0 aromatic heterocycles. The molecule has 84 valence electrons. The van der Waals surface area contributed by atoms with E-state index in [-0.39, 0.29) is 22.9 Å². The Bertz CT molecular complexity index is 199. The molecule has 0 saturated heterocycles. The number of ether oxygens (including phenoxy) is 1. The van der Waals surface area contributed by atoms with Crippen LogP contribution in [-0.2, 0) is 9.53 Å². The average Bonchev–Trinajstić information content (AvgIpc) is 2.02. The smallest absolute Gasteiger partial charge is 0.311 e. The van der Waals surface area contributed by atoms with E-state index in [0.717, 1.165) is 6.42 Å². The first-order chi connectivity index (χ1) is 6.11. The van der Waals surface area contributed by atoms with E-state index >= 15 is 0 Å². The zero-order valence-electron chi connectivity index (χ0n) is 10.6. The van der Waals surface area contributed by atoms with Crippen LogP contribution >= 0.6 is 0 Å². The molecule has 2 heteroatoms. The minimum absolute atomic E-state index is 0.0134. The molecule has 1 unspecified atom stereocenters. The lowest BCUT2D eigenvalue weighted by molar-refractivity contribution is -0.164. The second-order valence-corrected chi connectivity index (χ2v) is 5.65. The Morgan fingerprint density at radius 2 is 1.64 bits per heavy atom. The van der Waals surface area contributed by atoms with E-state index in [9.17, 15) is 4.79 Å². The predicted molar refractivity (Wildman–Crippen MR) is 59.1 cm³/mol. The molecule has 0 rings (SSSR count). The molecule has 2 nitrogen and oxygen atoms in total. The Hall–Kier alpha value is -0.530. The van der Waals surface area contributed by atoms with Crippen LogP contribution in [0.15, 0.2) is 0 Å². The van der Waals surface area contributed by atoms with Gasteiger partial charge in [-0.3, -0.25) is 4.79 Å². The van der Waals surface area contributed by atoms with Gasteiger partial charge in [0, 0.05) is 0 Å². The maximum absolute atomic E-state index is 11.7. The van der Waals surface area contributed by atoms with E-state index in [4.69, 9.17) is 4.74 Å². The lowest BCUT2D eigenvalue weighted by atomic mass is 9.88.